The van der Waals surface area contributed by atoms with Crippen molar-refractivity contribution in [1.29, 1.82) is 0 Å². The number of hydrogen-bond acceptors (Lipinski definition) is 4. The summed E-state index contributed by atoms with van der Waals surface area (Å²) in [5.74, 6) is -1.73. The lowest BCUT2D eigenvalue weighted by Crippen LogP contribution is -2.35. The molecule has 0 radical (unpaired) electrons. The molecule has 2 N–H and O–H groups in total. The van der Waals surface area contributed by atoms with Gasteiger partial charge < -0.3 is 19.9 Å². The maximum atomic E-state index is 10.8. The van der Waals surface area contributed by atoms with E-state index in [1.165, 1.54) is 14.2 Å². The zero-order chi connectivity index (χ0) is 10.3. The molecule has 0 saturated carbocycles. The standard InChI is InChI=1S/C7H13NO5/c1-12-7(13-2)4-8-5(9)3-6(10)11/h7H,3-4H2,1-2H3,(H,8,9)(H,10,11). The maximum Gasteiger partial charge on any atom is 0.312 e. The summed E-state index contributed by atoms with van der Waals surface area (Å²) < 4.78 is 9.54. The fraction of sp³-hybridized carbons (Fsp3) is 0.714. The number of hydrogen-bond donors (Lipinski definition) is 2. The van der Waals surface area contributed by atoms with E-state index in [9.17, 15) is 9.59 Å². The topological polar surface area (TPSA) is 84.9 Å². The first-order chi connectivity index (χ1) is 6.10. The van der Waals surface area contributed by atoms with Crippen LogP contribution in [0.2, 0.25) is 0 Å². The molecule has 6 nitrogen and oxygen atoms in total. The third-order valence-electron chi connectivity index (χ3n) is 1.30. The van der Waals surface area contributed by atoms with Crippen LogP contribution in [0.4, 0.5) is 0 Å². The number of rotatable bonds is 6. The summed E-state index contributed by atoms with van der Waals surface area (Å²) >= 11 is 0. The smallest absolute Gasteiger partial charge is 0.312 e. The van der Waals surface area contributed by atoms with Gasteiger partial charge in [-0.2, -0.15) is 0 Å². The quantitative estimate of drug-likeness (QED) is 0.424. The number of ether oxygens (including phenoxy) is 2. The van der Waals surface area contributed by atoms with Crippen LogP contribution in [0.5, 0.6) is 0 Å². The van der Waals surface area contributed by atoms with Gasteiger partial charge in [0.15, 0.2) is 6.29 Å². The van der Waals surface area contributed by atoms with Crippen LogP contribution in [-0.2, 0) is 19.1 Å². The van der Waals surface area contributed by atoms with E-state index in [1.807, 2.05) is 0 Å². The number of carbonyl (C=O) groups is 2. The molecule has 0 aliphatic rings. The molecule has 0 aromatic rings. The normalized spacial score (nSPS) is 10.1. The minimum atomic E-state index is -1.16. The molecule has 0 saturated heterocycles. The van der Waals surface area contributed by atoms with E-state index in [-0.39, 0.29) is 6.54 Å². The van der Waals surface area contributed by atoms with Crippen LogP contribution in [0, 0.1) is 0 Å². The molecule has 0 aliphatic carbocycles. The number of nitrogens with one attached hydrogen (secondary N) is 1. The zero-order valence-corrected chi connectivity index (χ0v) is 7.57. The molecule has 1 amide bonds. The Bertz CT molecular complexity index is 178. The van der Waals surface area contributed by atoms with Gasteiger partial charge in [-0.25, -0.2) is 0 Å². The highest BCUT2D eigenvalue weighted by atomic mass is 16.7. The minimum absolute atomic E-state index is 0.138. The van der Waals surface area contributed by atoms with Gasteiger partial charge in [0.05, 0.1) is 6.54 Å². The van der Waals surface area contributed by atoms with Crippen LogP contribution >= 0.6 is 0 Å². The van der Waals surface area contributed by atoms with Crippen LogP contribution in [0.15, 0.2) is 0 Å². The highest BCUT2D eigenvalue weighted by Crippen LogP contribution is 1.88. The molecule has 0 aromatic heterocycles. The van der Waals surface area contributed by atoms with E-state index in [2.05, 4.69) is 5.32 Å². The van der Waals surface area contributed by atoms with Crippen LogP contribution in [-0.4, -0.2) is 44.0 Å². The summed E-state index contributed by atoms with van der Waals surface area (Å²) in [6.07, 6.45) is -1.09. The van der Waals surface area contributed by atoms with Crippen LogP contribution < -0.4 is 5.32 Å². The van der Waals surface area contributed by atoms with E-state index in [1.54, 1.807) is 0 Å². The first-order valence-corrected chi connectivity index (χ1v) is 3.64. The Labute approximate surface area is 75.8 Å². The summed E-state index contributed by atoms with van der Waals surface area (Å²) in [5.41, 5.74) is 0. The molecule has 13 heavy (non-hydrogen) atoms. The average Bonchev–Trinajstić information content (AvgIpc) is 2.05. The first-order valence-electron chi connectivity index (χ1n) is 3.64. The Morgan fingerprint density at radius 1 is 1.38 bits per heavy atom. The molecule has 0 spiro atoms. The van der Waals surface area contributed by atoms with Crippen molar-refractivity contribution >= 4 is 11.9 Å². The van der Waals surface area contributed by atoms with Crippen molar-refractivity contribution in [3.05, 3.63) is 0 Å². The summed E-state index contributed by atoms with van der Waals surface area (Å²) in [7, 11) is 2.86. The highest BCUT2D eigenvalue weighted by molar-refractivity contribution is 5.93. The average molecular weight is 191 g/mol. The fourth-order valence-electron chi connectivity index (χ4n) is 0.660. The molecule has 0 heterocycles. The Hall–Kier alpha value is -1.14. The largest absolute Gasteiger partial charge is 0.481 e. The molecular formula is C7H13NO5. The number of carboxylic acids is 1. The number of amides is 1. The van der Waals surface area contributed by atoms with Gasteiger partial charge in [0.1, 0.15) is 6.42 Å². The first kappa shape index (κ1) is 11.9. The van der Waals surface area contributed by atoms with Crippen LogP contribution in [0.1, 0.15) is 6.42 Å². The molecule has 0 aliphatic heterocycles. The van der Waals surface area contributed by atoms with Gasteiger partial charge in [0.2, 0.25) is 5.91 Å². The summed E-state index contributed by atoms with van der Waals surface area (Å²) in [5, 5.41) is 10.6. The van der Waals surface area contributed by atoms with E-state index < -0.39 is 24.6 Å². The lowest BCUT2D eigenvalue weighted by molar-refractivity contribution is -0.142. The van der Waals surface area contributed by atoms with Crippen LogP contribution in [0.25, 0.3) is 0 Å². The van der Waals surface area contributed by atoms with Crippen molar-refractivity contribution in [2.24, 2.45) is 0 Å². The Balaban J connectivity index is 3.62. The van der Waals surface area contributed by atoms with E-state index >= 15 is 0 Å². The number of aliphatic carboxylic acids is 1. The molecule has 76 valence electrons. The van der Waals surface area contributed by atoms with E-state index in [4.69, 9.17) is 14.6 Å². The summed E-state index contributed by atoms with van der Waals surface area (Å²) in [6.45, 7) is 0.138. The van der Waals surface area contributed by atoms with Crippen molar-refractivity contribution in [2.45, 2.75) is 12.7 Å². The highest BCUT2D eigenvalue weighted by Gasteiger charge is 2.10. The predicted molar refractivity (Wildman–Crippen MR) is 43.1 cm³/mol. The second-order valence-electron chi connectivity index (χ2n) is 2.28. The summed E-state index contributed by atoms with van der Waals surface area (Å²) in [4.78, 5) is 20.9. The maximum absolute atomic E-state index is 10.8. The molecule has 0 rings (SSSR count). The molecular weight excluding hydrogens is 178 g/mol. The van der Waals surface area contributed by atoms with E-state index in [0.29, 0.717) is 0 Å². The van der Waals surface area contributed by atoms with Crippen molar-refractivity contribution < 1.29 is 24.2 Å². The molecule has 0 fully saturated rings. The number of methoxy groups -OCH3 is 2. The Morgan fingerprint density at radius 3 is 2.31 bits per heavy atom. The van der Waals surface area contributed by atoms with Crippen molar-refractivity contribution in [1.82, 2.24) is 5.32 Å². The zero-order valence-electron chi connectivity index (χ0n) is 7.57. The molecule has 0 aromatic carbocycles. The van der Waals surface area contributed by atoms with Gasteiger partial charge in [0.25, 0.3) is 0 Å². The van der Waals surface area contributed by atoms with Gasteiger partial charge in [-0.05, 0) is 0 Å². The monoisotopic (exact) mass is 191 g/mol. The second kappa shape index (κ2) is 6.38. The third-order valence-corrected chi connectivity index (χ3v) is 1.30. The van der Waals surface area contributed by atoms with Gasteiger partial charge in [-0.3, -0.25) is 9.59 Å². The molecule has 0 unspecified atom stereocenters. The number of carbonyl (C=O) groups excluding carboxylic acids is 1. The van der Waals surface area contributed by atoms with Crippen LogP contribution in [0.3, 0.4) is 0 Å². The van der Waals surface area contributed by atoms with Gasteiger partial charge in [0, 0.05) is 14.2 Å². The lowest BCUT2D eigenvalue weighted by atomic mass is 10.4. The summed E-state index contributed by atoms with van der Waals surface area (Å²) in [6, 6.07) is 0. The lowest BCUT2D eigenvalue weighted by Gasteiger charge is -2.13. The minimum Gasteiger partial charge on any atom is -0.481 e. The number of carboxylic acid groups (broad SMARTS) is 1. The second-order valence-corrected chi connectivity index (χ2v) is 2.28. The predicted octanol–water partition coefficient (Wildman–Crippen LogP) is -0.804. The van der Waals surface area contributed by atoms with Crippen molar-refractivity contribution in [3.63, 3.8) is 0 Å². The van der Waals surface area contributed by atoms with Gasteiger partial charge in [-0.1, -0.05) is 0 Å². The van der Waals surface area contributed by atoms with Crippen molar-refractivity contribution in [3.8, 4) is 0 Å². The molecule has 6 heteroatoms. The SMILES string of the molecule is COC(CNC(=O)CC(=O)O)OC. The van der Waals surface area contributed by atoms with Crippen molar-refractivity contribution in [2.75, 3.05) is 20.8 Å². The fourth-order valence-corrected chi connectivity index (χ4v) is 0.660. The van der Waals surface area contributed by atoms with Gasteiger partial charge >= 0.3 is 5.97 Å². The Kier molecular flexibility index (Phi) is 5.82. The molecule has 0 atom stereocenters. The van der Waals surface area contributed by atoms with Gasteiger partial charge in [-0.15, -0.1) is 0 Å². The Morgan fingerprint density at radius 2 is 1.92 bits per heavy atom. The van der Waals surface area contributed by atoms with E-state index in [0.717, 1.165) is 0 Å². The molecule has 0 bridgehead atoms. The third kappa shape index (κ3) is 6.06.